The van der Waals surface area contributed by atoms with Crippen LogP contribution in [0.25, 0.3) is 0 Å². The molecule has 0 atom stereocenters. The van der Waals surface area contributed by atoms with Crippen molar-refractivity contribution in [3.8, 4) is 6.07 Å². The van der Waals surface area contributed by atoms with Gasteiger partial charge in [-0.2, -0.15) is 10.4 Å². The minimum atomic E-state index is -0.448. The molecule has 4 rings (SSSR count). The summed E-state index contributed by atoms with van der Waals surface area (Å²) in [4.78, 5) is 25.1. The third kappa shape index (κ3) is 4.53. The lowest BCUT2D eigenvalue weighted by molar-refractivity contribution is 0.0152. The maximum atomic E-state index is 12.9. The van der Waals surface area contributed by atoms with Gasteiger partial charge < -0.3 is 14.8 Å². The quantitative estimate of drug-likeness (QED) is 0.551. The molecular formula is C24H28N4O4. The first-order chi connectivity index (χ1) is 15.5. The second-order valence-corrected chi connectivity index (χ2v) is 8.50. The average molecular weight is 437 g/mol. The van der Waals surface area contributed by atoms with E-state index in [-0.39, 0.29) is 17.9 Å². The molecule has 0 unspecified atom stereocenters. The molecule has 0 radical (unpaired) electrons. The highest BCUT2D eigenvalue weighted by atomic mass is 16.5. The molecule has 8 nitrogen and oxygen atoms in total. The van der Waals surface area contributed by atoms with Crippen LogP contribution in [0.5, 0.6) is 0 Å². The van der Waals surface area contributed by atoms with Crippen LogP contribution in [-0.2, 0) is 28.9 Å². The zero-order chi connectivity index (χ0) is 22.6. The van der Waals surface area contributed by atoms with Crippen LogP contribution in [-0.4, -0.2) is 48.0 Å². The Morgan fingerprint density at radius 2 is 2.19 bits per heavy atom. The number of nitrogens with one attached hydrogen (secondary N) is 1. The van der Waals surface area contributed by atoms with Gasteiger partial charge in [-0.05, 0) is 49.3 Å². The van der Waals surface area contributed by atoms with Crippen molar-refractivity contribution in [1.29, 1.82) is 5.26 Å². The molecule has 1 aromatic carbocycles. The lowest BCUT2D eigenvalue weighted by Crippen LogP contribution is -2.40. The van der Waals surface area contributed by atoms with E-state index in [0.717, 1.165) is 30.7 Å². The second-order valence-electron chi connectivity index (χ2n) is 8.50. The van der Waals surface area contributed by atoms with Gasteiger partial charge >= 0.3 is 5.97 Å². The third-order valence-electron chi connectivity index (χ3n) is 6.39. The Balaban J connectivity index is 1.44. The number of ether oxygens (including phenoxy) is 2. The summed E-state index contributed by atoms with van der Waals surface area (Å²) in [5, 5.41) is 16.8. The number of hydrogen-bond donors (Lipinski definition) is 1. The molecule has 0 aliphatic carbocycles. The predicted molar refractivity (Wildman–Crippen MR) is 116 cm³/mol. The van der Waals surface area contributed by atoms with Crippen molar-refractivity contribution in [1.82, 2.24) is 15.1 Å². The molecule has 8 heteroatoms. The van der Waals surface area contributed by atoms with Crippen molar-refractivity contribution in [2.24, 2.45) is 5.41 Å². The monoisotopic (exact) mass is 436 g/mol. The molecule has 0 saturated carbocycles. The minimum Gasteiger partial charge on any atom is -0.462 e. The van der Waals surface area contributed by atoms with Crippen LogP contribution >= 0.6 is 0 Å². The number of aryl methyl sites for hydroxylation is 2. The number of rotatable bonds is 6. The van der Waals surface area contributed by atoms with Crippen LogP contribution < -0.4 is 5.32 Å². The predicted octanol–water partition coefficient (Wildman–Crippen LogP) is 2.65. The Labute approximate surface area is 187 Å². The van der Waals surface area contributed by atoms with Crippen LogP contribution in [0.4, 0.5) is 0 Å². The van der Waals surface area contributed by atoms with Gasteiger partial charge in [0, 0.05) is 32.7 Å². The smallest absolute Gasteiger partial charge is 0.338 e. The van der Waals surface area contributed by atoms with Gasteiger partial charge in [-0.25, -0.2) is 4.79 Å². The number of carbonyl (C=O) groups is 2. The molecule has 1 spiro atoms. The molecule has 1 N–H and O–H groups in total. The molecule has 3 heterocycles. The van der Waals surface area contributed by atoms with E-state index in [4.69, 9.17) is 19.8 Å². The summed E-state index contributed by atoms with van der Waals surface area (Å²) < 4.78 is 12.9. The van der Waals surface area contributed by atoms with E-state index in [9.17, 15) is 9.59 Å². The molecule has 1 amide bonds. The molecule has 1 saturated heterocycles. The largest absolute Gasteiger partial charge is 0.462 e. The SMILES string of the molecule is CCc1nn(CCCOC(=O)c2cccc(C#N)c2)c2c1C(=O)NCC1(CCOCC1)C2. The fraction of sp³-hybridized carbons (Fsp3) is 0.500. The Kier molecular flexibility index (Phi) is 6.56. The molecule has 2 aromatic rings. The van der Waals surface area contributed by atoms with Crippen LogP contribution in [0.15, 0.2) is 24.3 Å². The highest BCUT2D eigenvalue weighted by molar-refractivity contribution is 5.97. The van der Waals surface area contributed by atoms with Crippen LogP contribution in [0.2, 0.25) is 0 Å². The Hall–Kier alpha value is -3.18. The van der Waals surface area contributed by atoms with Gasteiger partial charge in [-0.1, -0.05) is 13.0 Å². The number of aromatic nitrogens is 2. The molecule has 32 heavy (non-hydrogen) atoms. The van der Waals surface area contributed by atoms with Crippen LogP contribution in [0.3, 0.4) is 0 Å². The van der Waals surface area contributed by atoms with Crippen molar-refractivity contribution in [3.63, 3.8) is 0 Å². The van der Waals surface area contributed by atoms with E-state index in [0.29, 0.717) is 55.8 Å². The minimum absolute atomic E-state index is 0.000178. The fourth-order valence-electron chi connectivity index (χ4n) is 4.54. The van der Waals surface area contributed by atoms with E-state index < -0.39 is 5.97 Å². The average Bonchev–Trinajstić information content (AvgIpc) is 3.10. The fourth-order valence-corrected chi connectivity index (χ4v) is 4.54. The number of benzene rings is 1. The highest BCUT2D eigenvalue weighted by Gasteiger charge is 2.39. The highest BCUT2D eigenvalue weighted by Crippen LogP contribution is 2.37. The maximum absolute atomic E-state index is 12.9. The van der Waals surface area contributed by atoms with Crippen molar-refractivity contribution in [3.05, 3.63) is 52.3 Å². The van der Waals surface area contributed by atoms with E-state index in [1.807, 2.05) is 17.7 Å². The summed E-state index contributed by atoms with van der Waals surface area (Å²) in [6, 6.07) is 8.49. The number of nitrogens with zero attached hydrogens (tertiary/aromatic N) is 3. The zero-order valence-electron chi connectivity index (χ0n) is 18.4. The Morgan fingerprint density at radius 3 is 2.94 bits per heavy atom. The number of nitriles is 1. The number of amides is 1. The van der Waals surface area contributed by atoms with Gasteiger partial charge in [0.1, 0.15) is 0 Å². The summed E-state index contributed by atoms with van der Waals surface area (Å²) >= 11 is 0. The summed E-state index contributed by atoms with van der Waals surface area (Å²) in [6.07, 6.45) is 3.89. The summed E-state index contributed by atoms with van der Waals surface area (Å²) in [7, 11) is 0. The molecule has 168 valence electrons. The first-order valence-electron chi connectivity index (χ1n) is 11.2. The summed E-state index contributed by atoms with van der Waals surface area (Å²) in [5.74, 6) is -0.494. The van der Waals surface area contributed by atoms with Gasteiger partial charge in [0.25, 0.3) is 5.91 Å². The van der Waals surface area contributed by atoms with E-state index >= 15 is 0 Å². The lowest BCUT2D eigenvalue weighted by Gasteiger charge is -2.36. The van der Waals surface area contributed by atoms with E-state index in [2.05, 4.69) is 5.32 Å². The van der Waals surface area contributed by atoms with Crippen molar-refractivity contribution >= 4 is 11.9 Å². The van der Waals surface area contributed by atoms with Gasteiger partial charge in [0.2, 0.25) is 0 Å². The molecule has 2 aliphatic heterocycles. The third-order valence-corrected chi connectivity index (χ3v) is 6.39. The standard InChI is InChI=1S/C24H28N4O4/c1-2-19-21-20(14-24(16-26-22(21)29)7-11-31-12-8-24)28(27-19)9-4-10-32-23(30)18-6-3-5-17(13-18)15-25/h3,5-6,13H,2,4,7-12,14,16H2,1H3,(H,26,29). The van der Waals surface area contributed by atoms with Crippen molar-refractivity contribution in [2.75, 3.05) is 26.4 Å². The molecular weight excluding hydrogens is 408 g/mol. The second kappa shape index (κ2) is 9.53. The zero-order valence-corrected chi connectivity index (χ0v) is 18.4. The number of hydrogen-bond acceptors (Lipinski definition) is 6. The molecule has 1 aromatic heterocycles. The van der Waals surface area contributed by atoms with Crippen LogP contribution in [0.1, 0.15) is 63.9 Å². The molecule has 2 aliphatic rings. The Morgan fingerprint density at radius 1 is 1.38 bits per heavy atom. The number of carbonyl (C=O) groups excluding carboxylic acids is 2. The lowest BCUT2D eigenvalue weighted by atomic mass is 9.76. The van der Waals surface area contributed by atoms with Crippen LogP contribution in [0, 0.1) is 16.7 Å². The Bertz CT molecular complexity index is 1050. The van der Waals surface area contributed by atoms with Gasteiger partial charge in [0.05, 0.1) is 40.8 Å². The van der Waals surface area contributed by atoms with Gasteiger partial charge in [-0.3, -0.25) is 9.48 Å². The first-order valence-corrected chi connectivity index (χ1v) is 11.2. The molecule has 1 fully saturated rings. The molecule has 0 bridgehead atoms. The van der Waals surface area contributed by atoms with E-state index in [1.54, 1.807) is 18.2 Å². The summed E-state index contributed by atoms with van der Waals surface area (Å²) in [5.41, 5.74) is 3.29. The number of fused-ring (bicyclic) bond motifs is 1. The van der Waals surface area contributed by atoms with Crippen molar-refractivity contribution < 1.29 is 19.1 Å². The van der Waals surface area contributed by atoms with Gasteiger partial charge in [0.15, 0.2) is 0 Å². The van der Waals surface area contributed by atoms with Gasteiger partial charge in [-0.15, -0.1) is 0 Å². The topological polar surface area (TPSA) is 106 Å². The summed E-state index contributed by atoms with van der Waals surface area (Å²) in [6.45, 7) is 4.88. The first kappa shape index (κ1) is 22.0. The number of esters is 1. The van der Waals surface area contributed by atoms with Crippen molar-refractivity contribution in [2.45, 2.75) is 45.6 Å². The van der Waals surface area contributed by atoms with E-state index in [1.165, 1.54) is 6.07 Å². The maximum Gasteiger partial charge on any atom is 0.338 e. The normalized spacial score (nSPS) is 17.2.